The van der Waals surface area contributed by atoms with E-state index in [2.05, 4.69) is 17.3 Å². The largest absolute Gasteiger partial charge is 0.359 e. The third-order valence-electron chi connectivity index (χ3n) is 3.70. The topological polar surface area (TPSA) is 32.3 Å². The lowest BCUT2D eigenvalue weighted by Gasteiger charge is -2.36. The van der Waals surface area contributed by atoms with Gasteiger partial charge in [-0.15, -0.1) is 0 Å². The number of nitrogens with zero attached hydrogens (tertiary/aromatic N) is 1. The van der Waals surface area contributed by atoms with Crippen molar-refractivity contribution in [2.75, 3.05) is 27.2 Å². The Hall–Kier alpha value is -1.06. The maximum Gasteiger partial charge on any atom is 0.224 e. The standard InChI is InChI=1S/C14H19ClN2O/c1-16-14(18)13-9-17(2)8-7-12(13)10-3-5-11(15)6-4-10/h3-6,12-13H,7-9H2,1-2H3,(H,16,18). The smallest absolute Gasteiger partial charge is 0.224 e. The predicted molar refractivity (Wildman–Crippen MR) is 73.9 cm³/mol. The Bertz CT molecular complexity index is 418. The highest BCUT2D eigenvalue weighted by Gasteiger charge is 2.33. The van der Waals surface area contributed by atoms with Gasteiger partial charge in [0.1, 0.15) is 0 Å². The van der Waals surface area contributed by atoms with Crippen molar-refractivity contribution >= 4 is 17.5 Å². The molecular formula is C14H19ClN2O. The first-order valence-electron chi connectivity index (χ1n) is 6.27. The van der Waals surface area contributed by atoms with E-state index in [4.69, 9.17) is 11.6 Å². The second-order valence-electron chi connectivity index (χ2n) is 4.93. The van der Waals surface area contributed by atoms with E-state index in [0.717, 1.165) is 24.5 Å². The van der Waals surface area contributed by atoms with E-state index in [1.54, 1.807) is 7.05 Å². The summed E-state index contributed by atoms with van der Waals surface area (Å²) >= 11 is 5.91. The van der Waals surface area contributed by atoms with Crippen LogP contribution in [0.2, 0.25) is 5.02 Å². The molecule has 1 amide bonds. The molecule has 3 nitrogen and oxygen atoms in total. The Morgan fingerprint density at radius 1 is 1.39 bits per heavy atom. The number of nitrogens with one attached hydrogen (secondary N) is 1. The molecule has 4 heteroatoms. The Morgan fingerprint density at radius 2 is 2.06 bits per heavy atom. The molecule has 2 unspecified atom stereocenters. The molecule has 0 aliphatic carbocycles. The van der Waals surface area contributed by atoms with Gasteiger partial charge in [0.15, 0.2) is 0 Å². The molecular weight excluding hydrogens is 248 g/mol. The summed E-state index contributed by atoms with van der Waals surface area (Å²) in [6, 6.07) is 7.87. The van der Waals surface area contributed by atoms with Gasteiger partial charge in [-0.3, -0.25) is 4.79 Å². The Balaban J connectivity index is 2.23. The lowest BCUT2D eigenvalue weighted by Crippen LogP contribution is -2.44. The number of halogens is 1. The zero-order chi connectivity index (χ0) is 13.1. The van der Waals surface area contributed by atoms with Crippen LogP contribution >= 0.6 is 11.6 Å². The van der Waals surface area contributed by atoms with Crippen LogP contribution in [0, 0.1) is 5.92 Å². The number of carbonyl (C=O) groups excluding carboxylic acids is 1. The Labute approximate surface area is 113 Å². The van der Waals surface area contributed by atoms with E-state index >= 15 is 0 Å². The van der Waals surface area contributed by atoms with Crippen LogP contribution in [-0.4, -0.2) is 38.0 Å². The number of carbonyl (C=O) groups is 1. The minimum absolute atomic E-state index is 0.0231. The van der Waals surface area contributed by atoms with Crippen molar-refractivity contribution in [2.45, 2.75) is 12.3 Å². The Kier molecular flexibility index (Phi) is 4.25. The first-order chi connectivity index (χ1) is 8.61. The number of likely N-dealkylation sites (tertiary alicyclic amines) is 1. The molecule has 0 saturated carbocycles. The highest BCUT2D eigenvalue weighted by atomic mass is 35.5. The molecule has 0 spiro atoms. The van der Waals surface area contributed by atoms with Gasteiger partial charge in [0.2, 0.25) is 5.91 Å². The molecule has 0 bridgehead atoms. The molecule has 1 fully saturated rings. The second kappa shape index (κ2) is 5.72. The van der Waals surface area contributed by atoms with E-state index in [0.29, 0.717) is 5.92 Å². The SMILES string of the molecule is CNC(=O)C1CN(C)CCC1c1ccc(Cl)cc1. The summed E-state index contributed by atoms with van der Waals surface area (Å²) < 4.78 is 0. The van der Waals surface area contributed by atoms with Gasteiger partial charge in [-0.2, -0.15) is 0 Å². The van der Waals surface area contributed by atoms with Crippen LogP contribution in [0.5, 0.6) is 0 Å². The van der Waals surface area contributed by atoms with Gasteiger partial charge < -0.3 is 10.2 Å². The quantitative estimate of drug-likeness (QED) is 0.889. The maximum absolute atomic E-state index is 12.0. The molecule has 98 valence electrons. The summed E-state index contributed by atoms with van der Waals surface area (Å²) in [6.45, 7) is 1.84. The van der Waals surface area contributed by atoms with E-state index in [1.807, 2.05) is 24.3 Å². The van der Waals surface area contributed by atoms with Crippen molar-refractivity contribution in [1.82, 2.24) is 10.2 Å². The van der Waals surface area contributed by atoms with Gasteiger partial charge >= 0.3 is 0 Å². The fourth-order valence-electron chi connectivity index (χ4n) is 2.67. The molecule has 1 aromatic rings. The van der Waals surface area contributed by atoms with E-state index in [1.165, 1.54) is 5.56 Å². The third kappa shape index (κ3) is 2.85. The highest BCUT2D eigenvalue weighted by Crippen LogP contribution is 2.33. The molecule has 18 heavy (non-hydrogen) atoms. The Morgan fingerprint density at radius 3 is 2.67 bits per heavy atom. The molecule has 1 aromatic carbocycles. The summed E-state index contributed by atoms with van der Waals surface area (Å²) in [5.74, 6) is 0.440. The van der Waals surface area contributed by atoms with Crippen molar-refractivity contribution in [3.8, 4) is 0 Å². The molecule has 1 heterocycles. The first-order valence-corrected chi connectivity index (χ1v) is 6.65. The minimum atomic E-state index is 0.0231. The fraction of sp³-hybridized carbons (Fsp3) is 0.500. The zero-order valence-electron chi connectivity index (χ0n) is 10.8. The predicted octanol–water partition coefficient (Wildman–Crippen LogP) is 2.12. The van der Waals surface area contributed by atoms with Gasteiger partial charge in [-0.1, -0.05) is 23.7 Å². The van der Waals surface area contributed by atoms with Crippen LogP contribution in [0.25, 0.3) is 0 Å². The highest BCUT2D eigenvalue weighted by molar-refractivity contribution is 6.30. The molecule has 1 N–H and O–H groups in total. The van der Waals surface area contributed by atoms with Crippen molar-refractivity contribution < 1.29 is 4.79 Å². The molecule has 1 saturated heterocycles. The van der Waals surface area contributed by atoms with Gasteiger partial charge in [-0.05, 0) is 43.6 Å². The number of amides is 1. The summed E-state index contributed by atoms with van der Waals surface area (Å²) in [4.78, 5) is 14.2. The normalized spacial score (nSPS) is 24.8. The average molecular weight is 267 g/mol. The second-order valence-corrected chi connectivity index (χ2v) is 5.37. The molecule has 1 aliphatic rings. The molecule has 2 atom stereocenters. The summed E-state index contributed by atoms with van der Waals surface area (Å²) in [6.07, 6.45) is 1.01. The van der Waals surface area contributed by atoms with Gasteiger partial charge in [0.25, 0.3) is 0 Å². The zero-order valence-corrected chi connectivity index (χ0v) is 11.6. The summed E-state index contributed by atoms with van der Waals surface area (Å²) in [5, 5.41) is 3.51. The van der Waals surface area contributed by atoms with Crippen LogP contribution < -0.4 is 5.32 Å². The van der Waals surface area contributed by atoms with Crippen molar-refractivity contribution in [1.29, 1.82) is 0 Å². The van der Waals surface area contributed by atoms with Crippen LogP contribution in [0.1, 0.15) is 17.9 Å². The number of rotatable bonds is 2. The van der Waals surface area contributed by atoms with E-state index in [9.17, 15) is 4.79 Å². The summed E-state index contributed by atoms with van der Waals surface area (Å²) in [5.41, 5.74) is 1.21. The van der Waals surface area contributed by atoms with Crippen LogP contribution in [-0.2, 0) is 4.79 Å². The average Bonchev–Trinajstić information content (AvgIpc) is 2.39. The van der Waals surface area contributed by atoms with Gasteiger partial charge in [-0.25, -0.2) is 0 Å². The fourth-order valence-corrected chi connectivity index (χ4v) is 2.80. The summed E-state index contributed by atoms with van der Waals surface area (Å²) in [7, 11) is 3.77. The third-order valence-corrected chi connectivity index (χ3v) is 3.95. The van der Waals surface area contributed by atoms with Crippen LogP contribution in [0.15, 0.2) is 24.3 Å². The molecule has 0 aromatic heterocycles. The van der Waals surface area contributed by atoms with Gasteiger partial charge in [0.05, 0.1) is 5.92 Å². The molecule has 2 rings (SSSR count). The molecule has 1 aliphatic heterocycles. The maximum atomic E-state index is 12.0. The van der Waals surface area contributed by atoms with Crippen molar-refractivity contribution in [3.05, 3.63) is 34.9 Å². The van der Waals surface area contributed by atoms with Crippen molar-refractivity contribution in [3.63, 3.8) is 0 Å². The van der Waals surface area contributed by atoms with Crippen LogP contribution in [0.3, 0.4) is 0 Å². The number of hydrogen-bond acceptors (Lipinski definition) is 2. The minimum Gasteiger partial charge on any atom is -0.359 e. The lowest BCUT2D eigenvalue weighted by molar-refractivity contribution is -0.126. The van der Waals surface area contributed by atoms with Crippen molar-refractivity contribution in [2.24, 2.45) is 5.92 Å². The monoisotopic (exact) mass is 266 g/mol. The van der Waals surface area contributed by atoms with Crippen LogP contribution in [0.4, 0.5) is 0 Å². The first kappa shape index (κ1) is 13.4. The van der Waals surface area contributed by atoms with E-state index < -0.39 is 0 Å². The number of hydrogen-bond donors (Lipinski definition) is 1. The van der Waals surface area contributed by atoms with E-state index in [-0.39, 0.29) is 11.8 Å². The van der Waals surface area contributed by atoms with Gasteiger partial charge in [0, 0.05) is 18.6 Å². The number of benzene rings is 1. The number of piperidine rings is 1. The lowest BCUT2D eigenvalue weighted by atomic mass is 9.80. The molecule has 0 radical (unpaired) electrons.